The SMILES string of the molecule is C[S@@](=O)c1ccccc1C(=O)OCC(=O)Nc1ccccc1Oc1ccccc1. The highest BCUT2D eigenvalue weighted by molar-refractivity contribution is 7.84. The molecule has 0 spiro atoms. The Labute approximate surface area is 170 Å². The van der Waals surface area contributed by atoms with Crippen molar-refractivity contribution in [1.82, 2.24) is 0 Å². The topological polar surface area (TPSA) is 81.7 Å². The Morgan fingerprint density at radius 3 is 2.31 bits per heavy atom. The summed E-state index contributed by atoms with van der Waals surface area (Å²) in [6.45, 7) is -0.483. The molecule has 7 heteroatoms. The Morgan fingerprint density at radius 2 is 1.55 bits per heavy atom. The van der Waals surface area contributed by atoms with Gasteiger partial charge in [0, 0.05) is 6.26 Å². The van der Waals surface area contributed by atoms with Crippen LogP contribution in [-0.2, 0) is 20.3 Å². The summed E-state index contributed by atoms with van der Waals surface area (Å²) in [4.78, 5) is 24.9. The molecule has 0 saturated carbocycles. The number of para-hydroxylation sites is 3. The van der Waals surface area contributed by atoms with Crippen LogP contribution < -0.4 is 10.1 Å². The van der Waals surface area contributed by atoms with Crippen LogP contribution in [0.4, 0.5) is 5.69 Å². The third-order valence-electron chi connectivity index (χ3n) is 3.88. The van der Waals surface area contributed by atoms with Crippen molar-refractivity contribution in [2.24, 2.45) is 0 Å². The summed E-state index contributed by atoms with van der Waals surface area (Å²) in [5.41, 5.74) is 0.626. The molecule has 0 radical (unpaired) electrons. The maximum absolute atomic E-state index is 12.3. The molecule has 0 saturated heterocycles. The second-order valence-corrected chi connectivity index (χ2v) is 7.33. The molecule has 0 aromatic heterocycles. The van der Waals surface area contributed by atoms with Gasteiger partial charge in [-0.1, -0.05) is 42.5 Å². The lowest BCUT2D eigenvalue weighted by Gasteiger charge is -2.12. The van der Waals surface area contributed by atoms with E-state index in [-0.39, 0.29) is 5.56 Å². The number of rotatable bonds is 7. The average molecular weight is 409 g/mol. The van der Waals surface area contributed by atoms with Gasteiger partial charge in [-0.3, -0.25) is 9.00 Å². The second kappa shape index (κ2) is 9.66. The summed E-state index contributed by atoms with van der Waals surface area (Å²) in [5, 5.41) is 2.67. The molecule has 1 atom stereocenters. The van der Waals surface area contributed by atoms with E-state index in [1.54, 1.807) is 54.6 Å². The first-order chi connectivity index (χ1) is 14.0. The lowest BCUT2D eigenvalue weighted by Crippen LogP contribution is -2.21. The van der Waals surface area contributed by atoms with Gasteiger partial charge in [0.1, 0.15) is 5.75 Å². The first-order valence-corrected chi connectivity index (χ1v) is 10.3. The van der Waals surface area contributed by atoms with Gasteiger partial charge in [-0.2, -0.15) is 0 Å². The molecule has 0 fully saturated rings. The summed E-state index contributed by atoms with van der Waals surface area (Å²) in [6.07, 6.45) is 1.47. The third kappa shape index (κ3) is 5.52. The van der Waals surface area contributed by atoms with Crippen LogP contribution in [0.3, 0.4) is 0 Å². The molecule has 0 aliphatic heterocycles. The zero-order valence-electron chi connectivity index (χ0n) is 15.7. The minimum Gasteiger partial charge on any atom is -0.455 e. The predicted molar refractivity (Wildman–Crippen MR) is 111 cm³/mol. The molecule has 3 rings (SSSR count). The van der Waals surface area contributed by atoms with Crippen molar-refractivity contribution in [2.45, 2.75) is 4.90 Å². The van der Waals surface area contributed by atoms with Crippen molar-refractivity contribution in [3.63, 3.8) is 0 Å². The first-order valence-electron chi connectivity index (χ1n) is 8.76. The second-order valence-electron chi connectivity index (χ2n) is 5.99. The van der Waals surface area contributed by atoms with E-state index < -0.39 is 29.3 Å². The Balaban J connectivity index is 1.63. The molecular formula is C22H19NO5S. The Kier molecular flexibility index (Phi) is 6.76. The van der Waals surface area contributed by atoms with Gasteiger partial charge in [0.05, 0.1) is 26.9 Å². The van der Waals surface area contributed by atoms with E-state index in [2.05, 4.69) is 5.32 Å². The van der Waals surface area contributed by atoms with Crippen molar-refractivity contribution < 1.29 is 23.3 Å². The third-order valence-corrected chi connectivity index (χ3v) is 4.86. The van der Waals surface area contributed by atoms with Gasteiger partial charge < -0.3 is 14.8 Å². The Bertz CT molecular complexity index is 1040. The van der Waals surface area contributed by atoms with E-state index in [1.807, 2.05) is 18.2 Å². The molecule has 3 aromatic carbocycles. The smallest absolute Gasteiger partial charge is 0.339 e. The lowest BCUT2D eigenvalue weighted by molar-refractivity contribution is -0.119. The number of carbonyl (C=O) groups excluding carboxylic acids is 2. The van der Waals surface area contributed by atoms with E-state index in [1.165, 1.54) is 12.3 Å². The molecule has 3 aromatic rings. The molecule has 29 heavy (non-hydrogen) atoms. The first kappa shape index (κ1) is 20.3. The fraction of sp³-hybridized carbons (Fsp3) is 0.0909. The van der Waals surface area contributed by atoms with Gasteiger partial charge in [-0.05, 0) is 36.4 Å². The summed E-state index contributed by atoms with van der Waals surface area (Å²) in [6, 6.07) is 22.6. The van der Waals surface area contributed by atoms with E-state index >= 15 is 0 Å². The number of benzene rings is 3. The highest BCUT2D eigenvalue weighted by atomic mass is 32.2. The summed E-state index contributed by atoms with van der Waals surface area (Å²) in [5.74, 6) is -0.132. The molecule has 6 nitrogen and oxygen atoms in total. The van der Waals surface area contributed by atoms with Crippen LogP contribution >= 0.6 is 0 Å². The zero-order valence-corrected chi connectivity index (χ0v) is 16.5. The number of ether oxygens (including phenoxy) is 2. The van der Waals surface area contributed by atoms with Gasteiger partial charge in [0.2, 0.25) is 0 Å². The number of nitrogens with one attached hydrogen (secondary N) is 1. The number of carbonyl (C=O) groups is 2. The highest BCUT2D eigenvalue weighted by Gasteiger charge is 2.16. The minimum absolute atomic E-state index is 0.175. The molecule has 0 heterocycles. The summed E-state index contributed by atoms with van der Waals surface area (Å²) < 4.78 is 22.6. The van der Waals surface area contributed by atoms with E-state index in [0.717, 1.165) is 0 Å². The van der Waals surface area contributed by atoms with E-state index in [0.29, 0.717) is 22.1 Å². The molecule has 0 aliphatic carbocycles. The maximum Gasteiger partial charge on any atom is 0.339 e. The maximum atomic E-state index is 12.3. The number of esters is 1. The fourth-order valence-electron chi connectivity index (χ4n) is 2.56. The Hall–Kier alpha value is -3.45. The number of hydrogen-bond acceptors (Lipinski definition) is 5. The van der Waals surface area contributed by atoms with Crippen LogP contribution in [-0.4, -0.2) is 28.9 Å². The highest BCUT2D eigenvalue weighted by Crippen LogP contribution is 2.29. The van der Waals surface area contributed by atoms with Gasteiger partial charge in [0.15, 0.2) is 12.4 Å². The standard InChI is InChI=1S/C22H19NO5S/c1-29(26)20-14-8-5-11-17(20)22(25)27-15-21(24)23-18-12-6-7-13-19(18)28-16-9-3-2-4-10-16/h2-14H,15H2,1H3,(H,23,24)/t29-/m1/s1. The van der Waals surface area contributed by atoms with Gasteiger partial charge in [-0.25, -0.2) is 4.79 Å². The van der Waals surface area contributed by atoms with Gasteiger partial charge in [-0.15, -0.1) is 0 Å². The lowest BCUT2D eigenvalue weighted by atomic mass is 10.2. The van der Waals surface area contributed by atoms with Crippen LogP contribution in [0.1, 0.15) is 10.4 Å². The zero-order chi connectivity index (χ0) is 20.6. The molecular weight excluding hydrogens is 390 g/mol. The normalized spacial score (nSPS) is 11.3. The largest absolute Gasteiger partial charge is 0.455 e. The Morgan fingerprint density at radius 1 is 0.897 bits per heavy atom. The van der Waals surface area contributed by atoms with Crippen molar-refractivity contribution in [1.29, 1.82) is 0 Å². The average Bonchev–Trinajstić information content (AvgIpc) is 2.74. The molecule has 0 unspecified atom stereocenters. The van der Waals surface area contributed by atoms with Gasteiger partial charge in [0.25, 0.3) is 5.91 Å². The monoisotopic (exact) mass is 409 g/mol. The summed E-state index contributed by atoms with van der Waals surface area (Å²) in [7, 11) is -1.35. The van der Waals surface area contributed by atoms with Crippen LogP contribution in [0.25, 0.3) is 0 Å². The molecule has 0 aliphatic rings. The van der Waals surface area contributed by atoms with Crippen molar-refractivity contribution in [3.05, 3.63) is 84.4 Å². The van der Waals surface area contributed by atoms with Gasteiger partial charge >= 0.3 is 5.97 Å². The van der Waals surface area contributed by atoms with Crippen LogP contribution in [0.2, 0.25) is 0 Å². The predicted octanol–water partition coefficient (Wildman–Crippen LogP) is 4.01. The van der Waals surface area contributed by atoms with Crippen molar-refractivity contribution in [2.75, 3.05) is 18.2 Å². The minimum atomic E-state index is -1.35. The van der Waals surface area contributed by atoms with Crippen LogP contribution in [0.5, 0.6) is 11.5 Å². The molecule has 1 N–H and O–H groups in total. The quantitative estimate of drug-likeness (QED) is 0.596. The fourth-order valence-corrected chi connectivity index (χ4v) is 3.29. The van der Waals surface area contributed by atoms with Crippen molar-refractivity contribution >= 4 is 28.4 Å². The van der Waals surface area contributed by atoms with E-state index in [9.17, 15) is 13.8 Å². The van der Waals surface area contributed by atoms with Crippen molar-refractivity contribution in [3.8, 4) is 11.5 Å². The molecule has 1 amide bonds. The summed E-state index contributed by atoms with van der Waals surface area (Å²) >= 11 is 0. The molecule has 0 bridgehead atoms. The molecule has 148 valence electrons. The van der Waals surface area contributed by atoms with Crippen LogP contribution in [0, 0.1) is 0 Å². The number of hydrogen-bond donors (Lipinski definition) is 1. The number of anilines is 1. The number of amides is 1. The van der Waals surface area contributed by atoms with Crippen LogP contribution in [0.15, 0.2) is 83.8 Å². The van der Waals surface area contributed by atoms with E-state index in [4.69, 9.17) is 9.47 Å².